The van der Waals surface area contributed by atoms with Gasteiger partial charge in [-0.2, -0.15) is 0 Å². The molecule has 1 aliphatic heterocycles. The largest absolute Gasteiger partial charge is 0.497 e. The lowest BCUT2D eigenvalue weighted by Crippen LogP contribution is -2.54. The lowest BCUT2D eigenvalue weighted by molar-refractivity contribution is -0.143. The second kappa shape index (κ2) is 9.62. The topological polar surface area (TPSA) is 93.1 Å². The smallest absolute Gasteiger partial charge is 0.339 e. The summed E-state index contributed by atoms with van der Waals surface area (Å²) >= 11 is 0. The molecule has 0 radical (unpaired) electrons. The highest BCUT2D eigenvalue weighted by Crippen LogP contribution is 2.40. The van der Waals surface area contributed by atoms with Crippen LogP contribution in [0.4, 0.5) is 0 Å². The molecule has 1 aliphatic carbocycles. The number of piperidine rings is 1. The molecule has 1 amide bonds. The van der Waals surface area contributed by atoms with Gasteiger partial charge >= 0.3 is 5.63 Å². The molecule has 6 rings (SSSR count). The summed E-state index contributed by atoms with van der Waals surface area (Å²) in [5.41, 5.74) is 3.31. The maximum absolute atomic E-state index is 13.1. The number of amides is 1. The van der Waals surface area contributed by atoms with Gasteiger partial charge in [0.2, 0.25) is 5.91 Å². The Morgan fingerprint density at radius 2 is 2.03 bits per heavy atom. The van der Waals surface area contributed by atoms with E-state index in [1.165, 1.54) is 0 Å². The first-order valence-corrected chi connectivity index (χ1v) is 13.5. The van der Waals surface area contributed by atoms with Gasteiger partial charge in [0.25, 0.3) is 0 Å². The number of rotatable bonds is 5. The maximum Gasteiger partial charge on any atom is 0.339 e. The third kappa shape index (κ3) is 4.29. The summed E-state index contributed by atoms with van der Waals surface area (Å²) in [6.45, 7) is 3.09. The van der Waals surface area contributed by atoms with Crippen molar-refractivity contribution in [2.75, 3.05) is 20.2 Å². The number of carbonyl (C=O) groups excluding carboxylic acids is 1. The summed E-state index contributed by atoms with van der Waals surface area (Å²) in [6.07, 6.45) is 6.87. The molecule has 1 N–H and O–H groups in total. The van der Waals surface area contributed by atoms with Crippen molar-refractivity contribution in [3.05, 3.63) is 64.2 Å². The first kappa shape index (κ1) is 24.7. The zero-order valence-electron chi connectivity index (χ0n) is 21.9. The maximum atomic E-state index is 13.1. The highest BCUT2D eigenvalue weighted by molar-refractivity contribution is 6.02. The Morgan fingerprint density at radius 3 is 2.87 bits per heavy atom. The molecule has 198 valence electrons. The van der Waals surface area contributed by atoms with Crippen molar-refractivity contribution < 1.29 is 23.5 Å². The lowest BCUT2D eigenvalue weighted by Gasteiger charge is -2.47. The monoisotopic (exact) mass is 515 g/mol. The van der Waals surface area contributed by atoms with E-state index in [1.54, 1.807) is 19.4 Å². The van der Waals surface area contributed by atoms with E-state index in [1.807, 2.05) is 42.2 Å². The van der Waals surface area contributed by atoms with Crippen LogP contribution in [-0.4, -0.2) is 41.7 Å². The molecule has 0 unspecified atom stereocenters. The summed E-state index contributed by atoms with van der Waals surface area (Å²) in [6, 6.07) is 11.5. The van der Waals surface area contributed by atoms with E-state index in [9.17, 15) is 14.7 Å². The average Bonchev–Trinajstić information content (AvgIpc) is 3.34. The summed E-state index contributed by atoms with van der Waals surface area (Å²) in [5, 5.41) is 12.7. The molecule has 7 heteroatoms. The molecule has 4 aromatic rings. The Bertz CT molecular complexity index is 1580. The Kier molecular flexibility index (Phi) is 6.26. The van der Waals surface area contributed by atoms with Crippen LogP contribution in [0.25, 0.3) is 33.1 Å². The molecular weight excluding hydrogens is 482 g/mol. The predicted octanol–water partition coefficient (Wildman–Crippen LogP) is 5.61. The molecule has 38 heavy (non-hydrogen) atoms. The number of carbonyl (C=O) groups is 1. The number of hydrogen-bond acceptors (Lipinski definition) is 6. The Morgan fingerprint density at radius 1 is 1.16 bits per heavy atom. The molecule has 2 fully saturated rings. The number of hydrogen-bond donors (Lipinski definition) is 1. The van der Waals surface area contributed by atoms with Crippen LogP contribution in [0.2, 0.25) is 0 Å². The Labute approximate surface area is 221 Å². The standard InChI is InChI=1S/C31H33NO6/c1-19-23(9-10-29(33)32-13-12-31(35)11-4-3-7-21(31)17-32)30(34)38-28-16-27-25(15-24(19)28)26(18-37-27)20-6-5-8-22(14-20)36-2/h5-6,8,14-16,18,21,35H,3-4,7,9-13,17H2,1-2H3/t21-,31-/m1/s1. The number of nitrogens with zero attached hydrogens (tertiary/aromatic N) is 1. The molecule has 1 saturated heterocycles. The van der Waals surface area contributed by atoms with Crippen LogP contribution in [0, 0.1) is 12.8 Å². The van der Waals surface area contributed by atoms with Crippen molar-refractivity contribution in [3.8, 4) is 16.9 Å². The first-order chi connectivity index (χ1) is 18.4. The second-order valence-electron chi connectivity index (χ2n) is 10.9. The van der Waals surface area contributed by atoms with Crippen molar-refractivity contribution in [3.63, 3.8) is 0 Å². The van der Waals surface area contributed by atoms with Gasteiger partial charge in [-0.3, -0.25) is 4.79 Å². The fourth-order valence-corrected chi connectivity index (χ4v) is 6.40. The van der Waals surface area contributed by atoms with Crippen LogP contribution in [0.5, 0.6) is 5.75 Å². The van der Waals surface area contributed by atoms with E-state index < -0.39 is 11.2 Å². The van der Waals surface area contributed by atoms with Gasteiger partial charge in [-0.25, -0.2) is 4.79 Å². The highest BCUT2D eigenvalue weighted by atomic mass is 16.5. The van der Waals surface area contributed by atoms with Crippen LogP contribution in [0.1, 0.15) is 49.7 Å². The molecule has 2 aromatic heterocycles. The molecule has 7 nitrogen and oxygen atoms in total. The van der Waals surface area contributed by atoms with E-state index in [2.05, 4.69) is 0 Å². The number of benzene rings is 2. The van der Waals surface area contributed by atoms with Gasteiger partial charge in [0, 0.05) is 53.4 Å². The van der Waals surface area contributed by atoms with Gasteiger partial charge in [0.05, 0.1) is 19.0 Å². The van der Waals surface area contributed by atoms with E-state index >= 15 is 0 Å². The summed E-state index contributed by atoms with van der Waals surface area (Å²) in [5.74, 6) is 0.938. The summed E-state index contributed by atoms with van der Waals surface area (Å²) in [4.78, 5) is 27.9. The fourth-order valence-electron chi connectivity index (χ4n) is 6.40. The van der Waals surface area contributed by atoms with Crippen LogP contribution >= 0.6 is 0 Å². The third-order valence-electron chi connectivity index (χ3n) is 8.73. The molecule has 0 spiro atoms. The molecule has 3 heterocycles. The summed E-state index contributed by atoms with van der Waals surface area (Å²) in [7, 11) is 1.64. The minimum atomic E-state index is -0.618. The van der Waals surface area contributed by atoms with Gasteiger partial charge in [-0.15, -0.1) is 0 Å². The first-order valence-electron chi connectivity index (χ1n) is 13.5. The number of fused-ring (bicyclic) bond motifs is 3. The zero-order chi connectivity index (χ0) is 26.4. The van der Waals surface area contributed by atoms with E-state index in [-0.39, 0.29) is 18.2 Å². The van der Waals surface area contributed by atoms with Crippen molar-refractivity contribution >= 4 is 27.8 Å². The minimum absolute atomic E-state index is 0.0297. The van der Waals surface area contributed by atoms with E-state index in [0.717, 1.165) is 58.9 Å². The number of aryl methyl sites for hydroxylation is 1. The summed E-state index contributed by atoms with van der Waals surface area (Å²) < 4.78 is 16.9. The molecule has 1 saturated carbocycles. The van der Waals surface area contributed by atoms with E-state index in [4.69, 9.17) is 13.6 Å². The van der Waals surface area contributed by atoms with Crippen LogP contribution in [-0.2, 0) is 11.2 Å². The van der Waals surface area contributed by atoms with E-state index in [0.29, 0.717) is 42.7 Å². The number of ether oxygens (including phenoxy) is 1. The van der Waals surface area contributed by atoms with Crippen molar-refractivity contribution in [2.24, 2.45) is 5.92 Å². The van der Waals surface area contributed by atoms with Gasteiger partial charge in [-0.05, 0) is 61.9 Å². The molecule has 0 bridgehead atoms. The minimum Gasteiger partial charge on any atom is -0.497 e. The van der Waals surface area contributed by atoms with Gasteiger partial charge < -0.3 is 23.6 Å². The van der Waals surface area contributed by atoms with Gasteiger partial charge in [0.15, 0.2) is 0 Å². The normalized spacial score (nSPS) is 21.6. The number of likely N-dealkylation sites (tertiary alicyclic amines) is 1. The molecular formula is C31H33NO6. The second-order valence-corrected chi connectivity index (χ2v) is 10.9. The molecule has 2 atom stereocenters. The predicted molar refractivity (Wildman–Crippen MR) is 145 cm³/mol. The quantitative estimate of drug-likeness (QED) is 0.347. The van der Waals surface area contributed by atoms with Gasteiger partial charge in [0.1, 0.15) is 16.9 Å². The zero-order valence-corrected chi connectivity index (χ0v) is 21.9. The Hall–Kier alpha value is -3.58. The van der Waals surface area contributed by atoms with Crippen LogP contribution < -0.4 is 10.4 Å². The fraction of sp³-hybridized carbons (Fsp3) is 0.419. The average molecular weight is 516 g/mol. The van der Waals surface area contributed by atoms with Crippen molar-refractivity contribution in [1.82, 2.24) is 4.90 Å². The number of furan rings is 1. The van der Waals surface area contributed by atoms with Gasteiger partial charge in [-0.1, -0.05) is 25.0 Å². The lowest BCUT2D eigenvalue weighted by atomic mass is 9.71. The third-order valence-corrected chi connectivity index (χ3v) is 8.73. The van der Waals surface area contributed by atoms with Crippen molar-refractivity contribution in [1.29, 1.82) is 0 Å². The molecule has 2 aliphatic rings. The SMILES string of the molecule is COc1cccc(-c2coc3cc4oc(=O)c(CCC(=O)N5CC[C@]6(O)CCCC[C@@H]6C5)c(C)c4cc23)c1. The van der Waals surface area contributed by atoms with Crippen molar-refractivity contribution in [2.45, 2.75) is 57.5 Å². The number of aliphatic hydroxyl groups is 1. The Balaban J connectivity index is 1.27. The molecule has 2 aromatic carbocycles. The van der Waals surface area contributed by atoms with Crippen LogP contribution in [0.15, 0.2) is 56.3 Å². The van der Waals surface area contributed by atoms with Crippen LogP contribution in [0.3, 0.4) is 0 Å². The number of methoxy groups -OCH3 is 1. The highest BCUT2D eigenvalue weighted by Gasteiger charge is 2.43.